The van der Waals surface area contributed by atoms with Gasteiger partial charge in [-0.25, -0.2) is 0 Å². The van der Waals surface area contributed by atoms with E-state index in [9.17, 15) is 55.9 Å². The largest absolute Gasteiger partial charge is 0.412 e. The average molecular weight is 827 g/mol. The number of hydrogen-bond acceptors (Lipinski definition) is 21. The first-order chi connectivity index (χ1) is 21.2. The molecule has 3 rings (SSSR count). The highest BCUT2D eigenvalue weighted by Crippen LogP contribution is 2.32. The van der Waals surface area contributed by atoms with Crippen LogP contribution in [0.25, 0.3) is 0 Å². The maximum atomic E-state index is 11.0. The summed E-state index contributed by atoms with van der Waals surface area (Å²) in [4.78, 5) is 11.0. The second kappa shape index (κ2) is 24.4. The SMILES string of the molecule is Cl.Cl.Cl.Cl.N[C@H]1[C@H](O[C@H]2[C@H](O)[C@@H](N)[C@H](O[C@H]3[C@H](O)[C@@H](N)[C@H](O[C@@H]([C@H](O)[C@@H](N)C=O)[C@H](O)CO)O[C@@H]3CO)O[C@@H]2CO)O[C@H](CO)[C@@H](O)[C@@H]1O.O. The Kier molecular flexibility index (Phi) is 26.5. The Morgan fingerprint density at radius 1 is 0.640 bits per heavy atom. The number of nitrogens with two attached hydrogens (primary N) is 4. The van der Waals surface area contributed by atoms with Crippen LogP contribution in [-0.2, 0) is 33.2 Å². The third kappa shape index (κ3) is 12.0. The summed E-state index contributed by atoms with van der Waals surface area (Å²) in [5.74, 6) is 0. The molecule has 20 N–H and O–H groups in total. The maximum absolute atomic E-state index is 11.0. The lowest BCUT2D eigenvalue weighted by molar-refractivity contribution is -0.353. The minimum atomic E-state index is -1.84. The first-order valence-electron chi connectivity index (χ1n) is 14.2. The van der Waals surface area contributed by atoms with Crippen LogP contribution >= 0.6 is 49.6 Å². The predicted octanol–water partition coefficient (Wildman–Crippen LogP) is -9.18. The molecule has 3 aliphatic rings. The minimum absolute atomic E-state index is 0. The summed E-state index contributed by atoms with van der Waals surface area (Å²) in [6.07, 6.45) is -23.4. The van der Waals surface area contributed by atoms with Crippen molar-refractivity contribution in [2.75, 3.05) is 26.4 Å². The van der Waals surface area contributed by atoms with E-state index in [0.717, 1.165) is 0 Å². The fourth-order valence-corrected chi connectivity index (χ4v) is 5.25. The van der Waals surface area contributed by atoms with Crippen molar-refractivity contribution in [3.63, 3.8) is 0 Å². The Balaban J connectivity index is -0.00000442. The zero-order chi connectivity index (χ0) is 33.7. The number of aliphatic hydroxyl groups is 10. The van der Waals surface area contributed by atoms with Gasteiger partial charge in [0, 0.05) is 0 Å². The van der Waals surface area contributed by atoms with E-state index in [1.165, 1.54) is 0 Å². The fourth-order valence-electron chi connectivity index (χ4n) is 5.25. The summed E-state index contributed by atoms with van der Waals surface area (Å²) in [7, 11) is 0. The van der Waals surface area contributed by atoms with Crippen molar-refractivity contribution in [3.05, 3.63) is 0 Å². The van der Waals surface area contributed by atoms with Crippen molar-refractivity contribution in [3.8, 4) is 0 Å². The summed E-state index contributed by atoms with van der Waals surface area (Å²) in [6.45, 7) is -3.23. The van der Waals surface area contributed by atoms with E-state index in [-0.39, 0.29) is 61.4 Å². The van der Waals surface area contributed by atoms with E-state index in [1.807, 2.05) is 0 Å². The van der Waals surface area contributed by atoms with Gasteiger partial charge >= 0.3 is 0 Å². The molecule has 3 heterocycles. The molecule has 50 heavy (non-hydrogen) atoms. The van der Waals surface area contributed by atoms with Crippen LogP contribution in [0.15, 0.2) is 0 Å². The lowest BCUT2D eigenvalue weighted by Crippen LogP contribution is -2.69. The van der Waals surface area contributed by atoms with Gasteiger partial charge < -0.3 is 113 Å². The molecule has 3 aliphatic heterocycles. The number of halogens is 4. The van der Waals surface area contributed by atoms with Crippen molar-refractivity contribution in [1.82, 2.24) is 0 Å². The van der Waals surface area contributed by atoms with Gasteiger partial charge in [0.2, 0.25) is 0 Å². The molecule has 0 radical (unpaired) electrons. The van der Waals surface area contributed by atoms with Crippen molar-refractivity contribution >= 4 is 55.9 Å². The Bertz CT molecular complexity index is 931. The van der Waals surface area contributed by atoms with Crippen molar-refractivity contribution in [1.29, 1.82) is 0 Å². The molecule has 0 saturated carbocycles. The van der Waals surface area contributed by atoms with E-state index < -0.39 is 143 Å². The number of aldehydes is 1. The molecule has 0 aromatic heterocycles. The van der Waals surface area contributed by atoms with Crippen LogP contribution in [-0.4, -0.2) is 206 Å². The van der Waals surface area contributed by atoms with Crippen molar-refractivity contribution < 1.29 is 89.8 Å². The Morgan fingerprint density at radius 2 is 1.02 bits per heavy atom. The molecule has 0 amide bonds. The van der Waals surface area contributed by atoms with Crippen LogP contribution < -0.4 is 22.9 Å². The van der Waals surface area contributed by atoms with Crippen molar-refractivity contribution in [2.45, 2.75) is 116 Å². The number of aliphatic hydroxyl groups excluding tert-OH is 10. The van der Waals surface area contributed by atoms with Gasteiger partial charge in [0.15, 0.2) is 18.9 Å². The highest BCUT2D eigenvalue weighted by atomic mass is 35.5. The zero-order valence-electron chi connectivity index (χ0n) is 26.1. The summed E-state index contributed by atoms with van der Waals surface area (Å²) >= 11 is 0. The lowest BCUT2D eigenvalue weighted by Gasteiger charge is -2.49. The minimum Gasteiger partial charge on any atom is -0.412 e. The zero-order valence-corrected chi connectivity index (χ0v) is 29.4. The van der Waals surface area contributed by atoms with Crippen LogP contribution in [0.3, 0.4) is 0 Å². The first-order valence-corrected chi connectivity index (χ1v) is 14.2. The van der Waals surface area contributed by atoms with Gasteiger partial charge in [0.05, 0.1) is 50.6 Å². The number of carbonyl (C=O) groups is 1. The second-order valence-corrected chi connectivity index (χ2v) is 11.1. The van der Waals surface area contributed by atoms with E-state index in [2.05, 4.69) is 0 Å². The molecule has 22 nitrogen and oxygen atoms in total. The fraction of sp³-hybridized carbons (Fsp3) is 0.958. The molecule has 3 fully saturated rings. The number of rotatable bonds is 14. The Labute approximate surface area is 310 Å². The number of hydrogen-bond donors (Lipinski definition) is 14. The number of ether oxygens (including phenoxy) is 6. The lowest BCUT2D eigenvalue weighted by atomic mass is 9.94. The van der Waals surface area contributed by atoms with Crippen LogP contribution in [0.2, 0.25) is 0 Å². The second-order valence-electron chi connectivity index (χ2n) is 11.1. The Hall–Kier alpha value is -0.0100. The average Bonchev–Trinajstić information content (AvgIpc) is 3.04. The molecule has 26 heteroatoms. The van der Waals surface area contributed by atoms with Gasteiger partial charge in [-0.1, -0.05) is 0 Å². The molecule has 0 unspecified atom stereocenters. The molecule has 304 valence electrons. The monoisotopic (exact) mass is 824 g/mol. The third-order valence-corrected chi connectivity index (χ3v) is 8.06. The van der Waals surface area contributed by atoms with Crippen LogP contribution in [0.5, 0.6) is 0 Å². The molecule has 0 aromatic carbocycles. The number of carbonyl (C=O) groups excluding carboxylic acids is 1. The van der Waals surface area contributed by atoms with Gasteiger partial charge in [0.1, 0.15) is 79.5 Å². The Morgan fingerprint density at radius 3 is 1.42 bits per heavy atom. The molecule has 0 aromatic rings. The smallest absolute Gasteiger partial charge is 0.176 e. The summed E-state index contributed by atoms with van der Waals surface area (Å²) in [5.41, 5.74) is 23.6. The van der Waals surface area contributed by atoms with E-state index in [4.69, 9.17) is 51.4 Å². The summed E-state index contributed by atoms with van der Waals surface area (Å²) in [5, 5.41) is 101. The third-order valence-electron chi connectivity index (χ3n) is 8.06. The van der Waals surface area contributed by atoms with E-state index >= 15 is 0 Å². The van der Waals surface area contributed by atoms with Crippen LogP contribution in [0.1, 0.15) is 0 Å². The molecule has 3 saturated heterocycles. The first kappa shape index (κ1) is 54.3. The highest BCUT2D eigenvalue weighted by molar-refractivity contribution is 5.86. The van der Waals surface area contributed by atoms with E-state index in [1.54, 1.807) is 0 Å². The van der Waals surface area contributed by atoms with Crippen LogP contribution in [0, 0.1) is 0 Å². The summed E-state index contributed by atoms with van der Waals surface area (Å²) < 4.78 is 33.7. The summed E-state index contributed by atoms with van der Waals surface area (Å²) in [6, 6.07) is -5.85. The van der Waals surface area contributed by atoms with Crippen molar-refractivity contribution in [2.24, 2.45) is 22.9 Å². The van der Waals surface area contributed by atoms with Gasteiger partial charge in [-0.3, -0.25) is 0 Å². The van der Waals surface area contributed by atoms with E-state index in [0.29, 0.717) is 0 Å². The van der Waals surface area contributed by atoms with Crippen LogP contribution in [0.4, 0.5) is 0 Å². The quantitative estimate of drug-likeness (QED) is 0.0723. The van der Waals surface area contributed by atoms with Gasteiger partial charge in [-0.05, 0) is 0 Å². The maximum Gasteiger partial charge on any atom is 0.176 e. The van der Waals surface area contributed by atoms with Gasteiger partial charge in [-0.2, -0.15) is 0 Å². The normalized spacial score (nSPS) is 40.9. The van der Waals surface area contributed by atoms with Gasteiger partial charge in [-0.15, -0.1) is 49.6 Å². The molecule has 0 bridgehead atoms. The predicted molar refractivity (Wildman–Crippen MR) is 176 cm³/mol. The molecular formula is C24H52Cl4N4O18. The van der Waals surface area contributed by atoms with Gasteiger partial charge in [0.25, 0.3) is 0 Å². The highest BCUT2D eigenvalue weighted by Gasteiger charge is 2.53. The molecule has 19 atom stereocenters. The molecule has 0 spiro atoms. The molecule has 0 aliphatic carbocycles. The molecular weight excluding hydrogens is 774 g/mol. The topological polar surface area (TPSA) is 410 Å². The standard InChI is InChI=1S/C24H46N4O17.4ClH.H2O/c25-6(1-29)14(35)19(7(34)2-30)43-23-12(27)17(38)21(9(4-32)41-23)45-24-13(28)18(39)20(10(5-33)42-24)44-22-11(26)16(37)15(36)8(3-31)40-22;;;;;/h1,6-24,30-39H,2-5,25-28H2;4*1H;1H2/t6-,7+,8+,9+,10+,11+,12+,13+,14+,15+,16+,17+,18+,19+,20+,21+,22-,23-,24-;;;;;/m0...../s1.